The van der Waals surface area contributed by atoms with E-state index in [0.717, 1.165) is 6.21 Å². The van der Waals surface area contributed by atoms with Gasteiger partial charge in [-0.05, 0) is 20.1 Å². The third-order valence-electron chi connectivity index (χ3n) is 1.31. The number of rotatable bonds is 4. The predicted octanol–water partition coefficient (Wildman–Crippen LogP) is 0.967. The fourth-order valence-corrected chi connectivity index (χ4v) is 0.850. The molecule has 3 N–H and O–H groups in total. The standard InChI is InChI=1S/C8H14N6O2S/c1-6(4-9-15)11-13-8(17-3)14-12-7(2)5-10-16/h4-5,15-16H,1-3H3,(H,13,14)/b9-4+,10-5+,11-6+,12-7+. The Bertz CT molecular complexity index is 374. The Labute approximate surface area is 103 Å². The van der Waals surface area contributed by atoms with Crippen LogP contribution in [0.15, 0.2) is 25.6 Å². The summed E-state index contributed by atoms with van der Waals surface area (Å²) in [5, 5.41) is 34.1. The van der Waals surface area contributed by atoms with Crippen LogP contribution in [0.5, 0.6) is 0 Å². The van der Waals surface area contributed by atoms with Gasteiger partial charge in [-0.1, -0.05) is 22.1 Å². The second kappa shape index (κ2) is 9.33. The maximum Gasteiger partial charge on any atom is 0.203 e. The molecule has 0 aliphatic rings. The van der Waals surface area contributed by atoms with Gasteiger partial charge in [0.2, 0.25) is 5.17 Å². The zero-order chi connectivity index (χ0) is 13.1. The first kappa shape index (κ1) is 15.1. The molecule has 0 aromatic carbocycles. The third-order valence-corrected chi connectivity index (χ3v) is 1.87. The average Bonchev–Trinajstić information content (AvgIpc) is 2.30. The van der Waals surface area contributed by atoms with E-state index in [0.29, 0.717) is 16.6 Å². The van der Waals surface area contributed by atoms with Crippen molar-refractivity contribution in [2.24, 2.45) is 25.6 Å². The van der Waals surface area contributed by atoms with Crippen molar-refractivity contribution in [3.05, 3.63) is 0 Å². The van der Waals surface area contributed by atoms with Crippen LogP contribution >= 0.6 is 11.8 Å². The van der Waals surface area contributed by atoms with Gasteiger partial charge >= 0.3 is 0 Å². The summed E-state index contributed by atoms with van der Waals surface area (Å²) in [5.41, 5.74) is 3.56. The van der Waals surface area contributed by atoms with Gasteiger partial charge in [-0.25, -0.2) is 0 Å². The predicted molar refractivity (Wildman–Crippen MR) is 70.9 cm³/mol. The van der Waals surface area contributed by atoms with E-state index >= 15 is 0 Å². The molecule has 17 heavy (non-hydrogen) atoms. The second-order valence-corrected chi connectivity index (χ2v) is 3.50. The summed E-state index contributed by atoms with van der Waals surface area (Å²) in [5.74, 6) is 0. The van der Waals surface area contributed by atoms with E-state index < -0.39 is 0 Å². The highest BCUT2D eigenvalue weighted by atomic mass is 32.2. The van der Waals surface area contributed by atoms with Crippen LogP contribution in [0.2, 0.25) is 0 Å². The third kappa shape index (κ3) is 7.96. The summed E-state index contributed by atoms with van der Waals surface area (Å²) in [6, 6.07) is 0. The van der Waals surface area contributed by atoms with Gasteiger partial charge in [0.1, 0.15) is 0 Å². The Balaban J connectivity index is 4.58. The van der Waals surface area contributed by atoms with Crippen molar-refractivity contribution in [1.29, 1.82) is 0 Å². The maximum absolute atomic E-state index is 8.26. The van der Waals surface area contributed by atoms with Gasteiger partial charge in [0.15, 0.2) is 0 Å². The van der Waals surface area contributed by atoms with E-state index in [2.05, 4.69) is 31.0 Å². The van der Waals surface area contributed by atoms with Gasteiger partial charge in [0, 0.05) is 0 Å². The lowest BCUT2D eigenvalue weighted by Crippen LogP contribution is -2.15. The van der Waals surface area contributed by atoms with Crippen molar-refractivity contribution >= 4 is 40.8 Å². The molecular formula is C8H14N6O2S. The molecule has 0 atom stereocenters. The van der Waals surface area contributed by atoms with Crippen molar-refractivity contribution in [2.45, 2.75) is 13.8 Å². The lowest BCUT2D eigenvalue weighted by molar-refractivity contribution is 0.322. The molecule has 0 rings (SSSR count). The zero-order valence-electron chi connectivity index (χ0n) is 9.69. The SMILES string of the molecule is CS\C(=N/N=C(C)/C=N/O)N/N=C(C)/C=N/O. The maximum atomic E-state index is 8.26. The molecule has 0 fully saturated rings. The lowest BCUT2D eigenvalue weighted by atomic mass is 10.5. The molecule has 0 heterocycles. The molecule has 0 aromatic rings. The molecule has 0 aromatic heterocycles. The van der Waals surface area contributed by atoms with Crippen LogP contribution in [0.25, 0.3) is 0 Å². The van der Waals surface area contributed by atoms with Crippen molar-refractivity contribution in [2.75, 3.05) is 6.26 Å². The Morgan fingerprint density at radius 1 is 1.06 bits per heavy atom. The van der Waals surface area contributed by atoms with Gasteiger partial charge < -0.3 is 10.4 Å². The Kier molecular flexibility index (Phi) is 8.29. The monoisotopic (exact) mass is 258 g/mol. The van der Waals surface area contributed by atoms with E-state index in [-0.39, 0.29) is 0 Å². The number of hydrogen-bond donors (Lipinski definition) is 3. The first-order valence-corrected chi connectivity index (χ1v) is 5.68. The Hall–Kier alpha value is -1.90. The fraction of sp³-hybridized carbons (Fsp3) is 0.375. The molecule has 0 saturated carbocycles. The van der Waals surface area contributed by atoms with Crippen molar-refractivity contribution in [3.8, 4) is 0 Å². The first-order chi connectivity index (χ1) is 8.13. The minimum Gasteiger partial charge on any atom is -0.411 e. The van der Waals surface area contributed by atoms with Crippen LogP contribution in [-0.4, -0.2) is 45.7 Å². The summed E-state index contributed by atoms with van der Waals surface area (Å²) in [4.78, 5) is 0. The van der Waals surface area contributed by atoms with Gasteiger partial charge in [-0.15, -0.1) is 5.10 Å². The molecular weight excluding hydrogens is 244 g/mol. The number of amidine groups is 1. The summed E-state index contributed by atoms with van der Waals surface area (Å²) in [6.45, 7) is 3.28. The quantitative estimate of drug-likeness (QED) is 0.301. The Morgan fingerprint density at radius 3 is 2.18 bits per heavy atom. The highest BCUT2D eigenvalue weighted by Crippen LogP contribution is 1.95. The smallest absolute Gasteiger partial charge is 0.203 e. The second-order valence-electron chi connectivity index (χ2n) is 2.70. The van der Waals surface area contributed by atoms with Gasteiger partial charge in [0.05, 0.1) is 23.9 Å². The summed E-state index contributed by atoms with van der Waals surface area (Å²) < 4.78 is 0. The molecule has 0 bridgehead atoms. The van der Waals surface area contributed by atoms with E-state index in [1.165, 1.54) is 18.0 Å². The van der Waals surface area contributed by atoms with Gasteiger partial charge in [0.25, 0.3) is 0 Å². The van der Waals surface area contributed by atoms with Crippen LogP contribution in [0.1, 0.15) is 13.8 Å². The number of hydrazone groups is 1. The molecule has 94 valence electrons. The molecule has 0 unspecified atom stereocenters. The highest BCUT2D eigenvalue weighted by Gasteiger charge is 1.94. The molecule has 0 aliphatic heterocycles. The summed E-state index contributed by atoms with van der Waals surface area (Å²) in [6.07, 6.45) is 4.13. The molecule has 0 saturated heterocycles. The number of nitrogens with one attached hydrogen (secondary N) is 1. The van der Waals surface area contributed by atoms with E-state index in [1.54, 1.807) is 20.1 Å². The summed E-state index contributed by atoms with van der Waals surface area (Å²) >= 11 is 1.30. The largest absolute Gasteiger partial charge is 0.411 e. The minimum atomic E-state index is 0.443. The molecule has 0 amide bonds. The van der Waals surface area contributed by atoms with Crippen LogP contribution in [0.4, 0.5) is 0 Å². The highest BCUT2D eigenvalue weighted by molar-refractivity contribution is 8.13. The Morgan fingerprint density at radius 2 is 1.65 bits per heavy atom. The van der Waals surface area contributed by atoms with E-state index in [4.69, 9.17) is 10.4 Å². The minimum absolute atomic E-state index is 0.443. The van der Waals surface area contributed by atoms with E-state index in [9.17, 15) is 0 Å². The number of nitrogens with zero attached hydrogens (tertiary/aromatic N) is 5. The number of thioether (sulfide) groups is 1. The molecule has 0 radical (unpaired) electrons. The van der Waals surface area contributed by atoms with Crippen molar-refractivity contribution < 1.29 is 10.4 Å². The topological polar surface area (TPSA) is 114 Å². The molecule has 0 aliphatic carbocycles. The zero-order valence-corrected chi connectivity index (χ0v) is 10.5. The molecule has 8 nitrogen and oxygen atoms in total. The normalized spacial score (nSPS) is 14.9. The van der Waals surface area contributed by atoms with Crippen molar-refractivity contribution in [1.82, 2.24) is 5.43 Å². The van der Waals surface area contributed by atoms with Crippen LogP contribution in [0.3, 0.4) is 0 Å². The molecule has 9 heteroatoms. The first-order valence-electron chi connectivity index (χ1n) is 4.45. The average molecular weight is 258 g/mol. The number of oxime groups is 2. The lowest BCUT2D eigenvalue weighted by Gasteiger charge is -1.99. The van der Waals surface area contributed by atoms with Gasteiger partial charge in [-0.2, -0.15) is 10.2 Å². The summed E-state index contributed by atoms with van der Waals surface area (Å²) in [7, 11) is 0. The van der Waals surface area contributed by atoms with Crippen LogP contribution in [-0.2, 0) is 0 Å². The fourth-order valence-electron chi connectivity index (χ4n) is 0.591. The van der Waals surface area contributed by atoms with Crippen LogP contribution in [0, 0.1) is 0 Å². The van der Waals surface area contributed by atoms with E-state index in [1.807, 2.05) is 0 Å². The van der Waals surface area contributed by atoms with Crippen LogP contribution < -0.4 is 5.43 Å². The van der Waals surface area contributed by atoms with Crippen molar-refractivity contribution in [3.63, 3.8) is 0 Å². The number of hydrogen-bond acceptors (Lipinski definition) is 8. The van der Waals surface area contributed by atoms with Gasteiger partial charge in [-0.3, -0.25) is 5.43 Å². The molecule has 0 spiro atoms.